The number of nitrogens with zero attached hydrogens (tertiary/aromatic N) is 3. The number of anilines is 1. The van der Waals surface area contributed by atoms with Gasteiger partial charge in [0.2, 0.25) is 5.91 Å². The van der Waals surface area contributed by atoms with Gasteiger partial charge in [-0.15, -0.1) is 0 Å². The van der Waals surface area contributed by atoms with E-state index in [9.17, 15) is 4.79 Å². The summed E-state index contributed by atoms with van der Waals surface area (Å²) in [6, 6.07) is 5.85. The second-order valence-electron chi connectivity index (χ2n) is 6.36. The van der Waals surface area contributed by atoms with Gasteiger partial charge in [-0.25, -0.2) is 4.98 Å². The molecular weight excluding hydrogens is 292 g/mol. The van der Waals surface area contributed by atoms with Crippen molar-refractivity contribution in [1.82, 2.24) is 14.8 Å². The monoisotopic (exact) mass is 318 g/mol. The molecule has 2 aliphatic heterocycles. The van der Waals surface area contributed by atoms with Crippen LogP contribution >= 0.6 is 0 Å². The van der Waals surface area contributed by atoms with Gasteiger partial charge in [-0.3, -0.25) is 9.69 Å². The molecule has 0 spiro atoms. The van der Waals surface area contributed by atoms with Crippen molar-refractivity contribution in [1.29, 1.82) is 0 Å². The fourth-order valence-electron chi connectivity index (χ4n) is 3.30. The summed E-state index contributed by atoms with van der Waals surface area (Å²) in [5.41, 5.74) is 0. The van der Waals surface area contributed by atoms with E-state index in [-0.39, 0.29) is 11.9 Å². The lowest BCUT2D eigenvalue weighted by Crippen LogP contribution is -2.50. The van der Waals surface area contributed by atoms with Crippen LogP contribution in [-0.4, -0.2) is 72.7 Å². The summed E-state index contributed by atoms with van der Waals surface area (Å²) in [6.07, 6.45) is 2.92. The summed E-state index contributed by atoms with van der Waals surface area (Å²) < 4.78 is 5.32. The standard InChI is InChI=1S/C17H26N4O2/c1-14(17(22)20-8-10-23-11-9-20)21-7-5-15(13-21)12-19-16-4-2-3-6-18-16/h2-4,6,14-15H,5,7-13H2,1H3,(H,18,19)/t14-,15-/m1/s1. The number of aromatic nitrogens is 1. The van der Waals surface area contributed by atoms with Gasteiger partial charge in [0.25, 0.3) is 0 Å². The van der Waals surface area contributed by atoms with Crippen molar-refractivity contribution in [3.8, 4) is 0 Å². The second kappa shape index (κ2) is 7.75. The van der Waals surface area contributed by atoms with Crippen LogP contribution in [0.25, 0.3) is 0 Å². The van der Waals surface area contributed by atoms with Gasteiger partial charge in [-0.05, 0) is 37.9 Å². The van der Waals surface area contributed by atoms with Gasteiger partial charge in [0.1, 0.15) is 5.82 Å². The van der Waals surface area contributed by atoms with Crippen molar-refractivity contribution >= 4 is 11.7 Å². The average molecular weight is 318 g/mol. The summed E-state index contributed by atoms with van der Waals surface area (Å²) in [5, 5.41) is 3.39. The SMILES string of the molecule is C[C@H](C(=O)N1CCOCC1)N1CC[C@H](CNc2ccccn2)C1. The predicted molar refractivity (Wildman–Crippen MR) is 89.3 cm³/mol. The molecule has 0 saturated carbocycles. The number of ether oxygens (including phenoxy) is 1. The highest BCUT2D eigenvalue weighted by Crippen LogP contribution is 2.20. The molecule has 6 nitrogen and oxygen atoms in total. The van der Waals surface area contributed by atoms with Gasteiger partial charge in [0.15, 0.2) is 0 Å². The molecule has 1 aromatic rings. The molecule has 0 unspecified atom stereocenters. The number of hydrogen-bond donors (Lipinski definition) is 1. The van der Waals surface area contributed by atoms with Crippen LogP contribution < -0.4 is 5.32 Å². The smallest absolute Gasteiger partial charge is 0.239 e. The fraction of sp³-hybridized carbons (Fsp3) is 0.647. The number of carbonyl (C=O) groups excluding carboxylic acids is 1. The third-order valence-corrected chi connectivity index (χ3v) is 4.78. The Morgan fingerprint density at radius 1 is 1.39 bits per heavy atom. The molecule has 23 heavy (non-hydrogen) atoms. The van der Waals surface area contributed by atoms with Crippen LogP contribution in [0.2, 0.25) is 0 Å². The molecule has 2 fully saturated rings. The molecule has 2 atom stereocenters. The number of likely N-dealkylation sites (tertiary alicyclic amines) is 1. The van der Waals surface area contributed by atoms with Crippen molar-refractivity contribution in [3.63, 3.8) is 0 Å². The van der Waals surface area contributed by atoms with Crippen molar-refractivity contribution in [2.75, 3.05) is 51.3 Å². The highest BCUT2D eigenvalue weighted by Gasteiger charge is 2.32. The van der Waals surface area contributed by atoms with E-state index in [1.165, 1.54) is 0 Å². The van der Waals surface area contributed by atoms with E-state index in [4.69, 9.17) is 4.74 Å². The maximum absolute atomic E-state index is 12.6. The Morgan fingerprint density at radius 2 is 2.22 bits per heavy atom. The highest BCUT2D eigenvalue weighted by molar-refractivity contribution is 5.81. The summed E-state index contributed by atoms with van der Waals surface area (Å²) in [5.74, 6) is 1.73. The second-order valence-corrected chi connectivity index (χ2v) is 6.36. The number of nitrogens with one attached hydrogen (secondary N) is 1. The minimum absolute atomic E-state index is 0.0343. The van der Waals surface area contributed by atoms with Crippen LogP contribution in [0.5, 0.6) is 0 Å². The number of pyridine rings is 1. The number of carbonyl (C=O) groups is 1. The van der Waals surface area contributed by atoms with E-state index in [0.717, 1.165) is 45.0 Å². The van der Waals surface area contributed by atoms with E-state index in [0.29, 0.717) is 19.1 Å². The Balaban J connectivity index is 1.45. The molecule has 0 bridgehead atoms. The molecule has 1 aromatic heterocycles. The van der Waals surface area contributed by atoms with Gasteiger partial charge < -0.3 is 15.0 Å². The summed E-state index contributed by atoms with van der Waals surface area (Å²) in [7, 11) is 0. The van der Waals surface area contributed by atoms with Crippen LogP contribution in [0.1, 0.15) is 13.3 Å². The first-order valence-electron chi connectivity index (χ1n) is 8.49. The molecule has 3 rings (SSSR count). The molecule has 0 aromatic carbocycles. The Hall–Kier alpha value is -1.66. The molecule has 2 saturated heterocycles. The molecule has 0 aliphatic carbocycles. The quantitative estimate of drug-likeness (QED) is 0.880. The molecule has 6 heteroatoms. The van der Waals surface area contributed by atoms with E-state index >= 15 is 0 Å². The van der Waals surface area contributed by atoms with Crippen molar-refractivity contribution in [2.24, 2.45) is 5.92 Å². The number of rotatable bonds is 5. The molecule has 2 aliphatic rings. The Morgan fingerprint density at radius 3 is 2.96 bits per heavy atom. The van der Waals surface area contributed by atoms with Crippen molar-refractivity contribution in [3.05, 3.63) is 24.4 Å². The Labute approximate surface area is 137 Å². The minimum atomic E-state index is -0.0343. The van der Waals surface area contributed by atoms with Crippen molar-refractivity contribution in [2.45, 2.75) is 19.4 Å². The molecule has 1 amide bonds. The topological polar surface area (TPSA) is 57.7 Å². The van der Waals surface area contributed by atoms with E-state index in [1.807, 2.05) is 30.0 Å². The van der Waals surface area contributed by atoms with Gasteiger partial charge in [0.05, 0.1) is 19.3 Å². The third-order valence-electron chi connectivity index (χ3n) is 4.78. The number of hydrogen-bond acceptors (Lipinski definition) is 5. The van der Waals surface area contributed by atoms with E-state index in [2.05, 4.69) is 15.2 Å². The lowest BCUT2D eigenvalue weighted by atomic mass is 10.1. The minimum Gasteiger partial charge on any atom is -0.378 e. The zero-order valence-corrected chi connectivity index (χ0v) is 13.8. The van der Waals surface area contributed by atoms with Crippen LogP contribution in [-0.2, 0) is 9.53 Å². The highest BCUT2D eigenvalue weighted by atomic mass is 16.5. The van der Waals surface area contributed by atoms with Gasteiger partial charge in [-0.2, -0.15) is 0 Å². The maximum atomic E-state index is 12.6. The number of morpholine rings is 1. The number of amides is 1. The molecule has 0 radical (unpaired) electrons. The molecule has 126 valence electrons. The van der Waals surface area contributed by atoms with Gasteiger partial charge in [-0.1, -0.05) is 6.07 Å². The largest absolute Gasteiger partial charge is 0.378 e. The average Bonchev–Trinajstić information content (AvgIpc) is 3.09. The van der Waals surface area contributed by atoms with Gasteiger partial charge in [0, 0.05) is 32.4 Å². The van der Waals surface area contributed by atoms with Crippen molar-refractivity contribution < 1.29 is 9.53 Å². The molecule has 3 heterocycles. The van der Waals surface area contributed by atoms with Crippen LogP contribution in [0.15, 0.2) is 24.4 Å². The first-order chi connectivity index (χ1) is 11.2. The van der Waals surface area contributed by atoms with E-state index in [1.54, 1.807) is 6.20 Å². The van der Waals surface area contributed by atoms with Crippen LogP contribution in [0, 0.1) is 5.92 Å². The molecular formula is C17H26N4O2. The first-order valence-corrected chi connectivity index (χ1v) is 8.49. The third kappa shape index (κ3) is 4.20. The Kier molecular flexibility index (Phi) is 5.46. The summed E-state index contributed by atoms with van der Waals surface area (Å²) in [6.45, 7) is 7.68. The molecule has 1 N–H and O–H groups in total. The summed E-state index contributed by atoms with van der Waals surface area (Å²) >= 11 is 0. The lowest BCUT2D eigenvalue weighted by Gasteiger charge is -2.32. The fourth-order valence-corrected chi connectivity index (χ4v) is 3.30. The predicted octanol–water partition coefficient (Wildman–Crippen LogP) is 1.06. The van der Waals surface area contributed by atoms with E-state index < -0.39 is 0 Å². The van der Waals surface area contributed by atoms with Crippen LogP contribution in [0.3, 0.4) is 0 Å². The summed E-state index contributed by atoms with van der Waals surface area (Å²) in [4.78, 5) is 21.1. The van der Waals surface area contributed by atoms with Gasteiger partial charge >= 0.3 is 0 Å². The zero-order valence-electron chi connectivity index (χ0n) is 13.8. The van der Waals surface area contributed by atoms with Crippen LogP contribution in [0.4, 0.5) is 5.82 Å². The lowest BCUT2D eigenvalue weighted by molar-refractivity contribution is -0.140. The Bertz CT molecular complexity index is 505. The maximum Gasteiger partial charge on any atom is 0.239 e. The normalized spacial score (nSPS) is 23.7. The first kappa shape index (κ1) is 16.2. The zero-order chi connectivity index (χ0) is 16.1.